The standard InChI is InChI=1S/C13H15F2NO4S/c1-7(17)16-4-2-8(3-5-16)20-9-6-10(12(14)15)21-11(9)13(18)19/h6,8,12H,2-5H2,1H3,(H,18,19). The number of hydrogen-bond acceptors (Lipinski definition) is 4. The fourth-order valence-corrected chi connectivity index (χ4v) is 2.99. The van der Waals surface area contributed by atoms with Gasteiger partial charge in [-0.1, -0.05) is 0 Å². The van der Waals surface area contributed by atoms with E-state index in [1.54, 1.807) is 4.90 Å². The van der Waals surface area contributed by atoms with Gasteiger partial charge in [-0.25, -0.2) is 13.6 Å². The molecule has 1 fully saturated rings. The number of thiophene rings is 1. The van der Waals surface area contributed by atoms with E-state index in [2.05, 4.69) is 0 Å². The number of aromatic carboxylic acids is 1. The molecule has 0 aromatic carbocycles. The number of piperidine rings is 1. The molecule has 1 aromatic rings. The number of hydrogen-bond donors (Lipinski definition) is 1. The van der Waals surface area contributed by atoms with Crippen LogP contribution in [0.15, 0.2) is 6.07 Å². The van der Waals surface area contributed by atoms with E-state index in [4.69, 9.17) is 9.84 Å². The summed E-state index contributed by atoms with van der Waals surface area (Å²) in [6.07, 6.45) is -1.87. The van der Waals surface area contributed by atoms with Crippen molar-refractivity contribution >= 4 is 23.2 Å². The number of alkyl halides is 2. The number of rotatable bonds is 4. The van der Waals surface area contributed by atoms with Gasteiger partial charge < -0.3 is 14.7 Å². The summed E-state index contributed by atoms with van der Waals surface area (Å²) in [5, 5.41) is 9.04. The fourth-order valence-electron chi connectivity index (χ4n) is 2.20. The van der Waals surface area contributed by atoms with Crippen LogP contribution in [0.25, 0.3) is 0 Å². The minimum absolute atomic E-state index is 0.0101. The Balaban J connectivity index is 2.06. The summed E-state index contributed by atoms with van der Waals surface area (Å²) in [5.74, 6) is -1.30. The average molecular weight is 319 g/mol. The van der Waals surface area contributed by atoms with Gasteiger partial charge in [0.25, 0.3) is 6.43 Å². The molecule has 0 saturated carbocycles. The van der Waals surface area contributed by atoms with E-state index >= 15 is 0 Å². The SMILES string of the molecule is CC(=O)N1CCC(Oc2cc(C(F)F)sc2C(=O)O)CC1. The summed E-state index contributed by atoms with van der Waals surface area (Å²) in [7, 11) is 0. The highest BCUT2D eigenvalue weighted by molar-refractivity contribution is 7.14. The minimum Gasteiger partial charge on any atom is -0.488 e. The first kappa shape index (κ1) is 15.7. The topological polar surface area (TPSA) is 66.8 Å². The van der Waals surface area contributed by atoms with Gasteiger partial charge in [0.05, 0.1) is 4.88 Å². The number of carboxylic acid groups (broad SMARTS) is 1. The Kier molecular flexibility index (Phi) is 4.76. The molecule has 21 heavy (non-hydrogen) atoms. The Morgan fingerprint density at radius 1 is 1.43 bits per heavy atom. The van der Waals surface area contributed by atoms with Crippen LogP contribution < -0.4 is 4.74 Å². The number of likely N-dealkylation sites (tertiary alicyclic amines) is 1. The molecule has 0 unspecified atom stereocenters. The largest absolute Gasteiger partial charge is 0.488 e. The van der Waals surface area contributed by atoms with E-state index in [-0.39, 0.29) is 27.5 Å². The molecule has 1 aromatic heterocycles. The molecule has 0 atom stereocenters. The molecule has 1 aliphatic rings. The van der Waals surface area contributed by atoms with Crippen LogP contribution in [-0.4, -0.2) is 41.1 Å². The highest BCUT2D eigenvalue weighted by Gasteiger charge is 2.26. The van der Waals surface area contributed by atoms with Crippen molar-refractivity contribution in [3.05, 3.63) is 15.8 Å². The van der Waals surface area contributed by atoms with Gasteiger partial charge in [-0.15, -0.1) is 11.3 Å². The third-order valence-electron chi connectivity index (χ3n) is 3.31. The molecule has 116 valence electrons. The molecule has 2 rings (SSSR count). The second kappa shape index (κ2) is 6.38. The van der Waals surface area contributed by atoms with Crippen LogP contribution in [0.1, 0.15) is 40.7 Å². The lowest BCUT2D eigenvalue weighted by Crippen LogP contribution is -2.40. The molecule has 1 amide bonds. The lowest BCUT2D eigenvalue weighted by Gasteiger charge is -2.31. The monoisotopic (exact) mass is 319 g/mol. The Morgan fingerprint density at radius 3 is 2.52 bits per heavy atom. The molecule has 0 bridgehead atoms. The minimum atomic E-state index is -2.72. The Hall–Kier alpha value is -1.70. The smallest absolute Gasteiger partial charge is 0.349 e. The van der Waals surface area contributed by atoms with Crippen molar-refractivity contribution in [2.45, 2.75) is 32.3 Å². The molecule has 5 nitrogen and oxygen atoms in total. The van der Waals surface area contributed by atoms with Crippen molar-refractivity contribution in [2.75, 3.05) is 13.1 Å². The molecule has 2 heterocycles. The lowest BCUT2D eigenvalue weighted by atomic mass is 10.1. The van der Waals surface area contributed by atoms with E-state index in [9.17, 15) is 18.4 Å². The molecule has 8 heteroatoms. The van der Waals surface area contributed by atoms with E-state index in [0.29, 0.717) is 37.3 Å². The van der Waals surface area contributed by atoms with Gasteiger partial charge in [0.15, 0.2) is 4.88 Å². The average Bonchev–Trinajstić information content (AvgIpc) is 2.83. The lowest BCUT2D eigenvalue weighted by molar-refractivity contribution is -0.130. The summed E-state index contributed by atoms with van der Waals surface area (Å²) in [6, 6.07) is 1.09. The van der Waals surface area contributed by atoms with Crippen LogP contribution in [0.3, 0.4) is 0 Å². The van der Waals surface area contributed by atoms with E-state index in [0.717, 1.165) is 6.07 Å². The summed E-state index contributed by atoms with van der Waals surface area (Å²) < 4.78 is 30.9. The Morgan fingerprint density at radius 2 is 2.05 bits per heavy atom. The van der Waals surface area contributed by atoms with Crippen LogP contribution in [0.4, 0.5) is 8.78 Å². The zero-order valence-corrected chi connectivity index (χ0v) is 12.2. The van der Waals surface area contributed by atoms with Gasteiger partial charge in [-0.2, -0.15) is 0 Å². The van der Waals surface area contributed by atoms with Crippen molar-refractivity contribution in [3.8, 4) is 5.75 Å². The van der Waals surface area contributed by atoms with Crippen LogP contribution in [0, 0.1) is 0 Å². The first-order valence-electron chi connectivity index (χ1n) is 6.45. The van der Waals surface area contributed by atoms with E-state index in [1.807, 2.05) is 0 Å². The van der Waals surface area contributed by atoms with Crippen molar-refractivity contribution in [1.82, 2.24) is 4.90 Å². The predicted octanol–water partition coefficient (Wildman–Crippen LogP) is 2.77. The molecule has 0 radical (unpaired) electrons. The number of amides is 1. The molecular weight excluding hydrogens is 304 g/mol. The zero-order chi connectivity index (χ0) is 15.6. The Labute approximate surface area is 124 Å². The Bertz CT molecular complexity index is 538. The number of carboxylic acids is 1. The molecule has 0 aliphatic carbocycles. The van der Waals surface area contributed by atoms with Crippen LogP contribution >= 0.6 is 11.3 Å². The van der Waals surface area contributed by atoms with Crippen LogP contribution in [0.2, 0.25) is 0 Å². The molecule has 1 saturated heterocycles. The third-order valence-corrected chi connectivity index (χ3v) is 4.42. The second-order valence-corrected chi connectivity index (χ2v) is 5.86. The van der Waals surface area contributed by atoms with Crippen LogP contribution in [-0.2, 0) is 4.79 Å². The number of ether oxygens (including phenoxy) is 1. The van der Waals surface area contributed by atoms with Gasteiger partial charge in [-0.3, -0.25) is 4.79 Å². The van der Waals surface area contributed by atoms with Gasteiger partial charge in [-0.05, 0) is 0 Å². The normalized spacial score (nSPS) is 16.3. The number of carbonyl (C=O) groups excluding carboxylic acids is 1. The quantitative estimate of drug-likeness (QED) is 0.926. The third kappa shape index (κ3) is 3.69. The van der Waals surface area contributed by atoms with Gasteiger partial charge >= 0.3 is 5.97 Å². The summed E-state index contributed by atoms with van der Waals surface area (Å²) in [5.41, 5.74) is 0. The maximum Gasteiger partial charge on any atom is 0.349 e. The maximum atomic E-state index is 12.7. The molecule has 1 N–H and O–H groups in total. The van der Waals surface area contributed by atoms with Gasteiger partial charge in [0.2, 0.25) is 5.91 Å². The van der Waals surface area contributed by atoms with E-state index in [1.165, 1.54) is 6.92 Å². The first-order chi connectivity index (χ1) is 9.88. The second-order valence-electron chi connectivity index (χ2n) is 4.77. The van der Waals surface area contributed by atoms with Gasteiger partial charge in [0, 0.05) is 38.9 Å². The van der Waals surface area contributed by atoms with Crippen molar-refractivity contribution in [2.24, 2.45) is 0 Å². The number of halogens is 2. The van der Waals surface area contributed by atoms with Crippen LogP contribution in [0.5, 0.6) is 5.75 Å². The van der Waals surface area contributed by atoms with Crippen molar-refractivity contribution in [3.63, 3.8) is 0 Å². The highest BCUT2D eigenvalue weighted by Crippen LogP contribution is 2.36. The predicted molar refractivity (Wildman–Crippen MR) is 72.1 cm³/mol. The summed E-state index contributed by atoms with van der Waals surface area (Å²) >= 11 is 0.531. The number of carbonyl (C=O) groups is 2. The van der Waals surface area contributed by atoms with E-state index < -0.39 is 12.4 Å². The first-order valence-corrected chi connectivity index (χ1v) is 7.27. The molecule has 1 aliphatic heterocycles. The van der Waals surface area contributed by atoms with Gasteiger partial charge in [0.1, 0.15) is 11.9 Å². The zero-order valence-electron chi connectivity index (χ0n) is 11.3. The molecular formula is C13H15F2NO4S. The van der Waals surface area contributed by atoms with Crippen molar-refractivity contribution in [1.29, 1.82) is 0 Å². The summed E-state index contributed by atoms with van der Waals surface area (Å²) in [4.78, 5) is 23.4. The van der Waals surface area contributed by atoms with Crippen molar-refractivity contribution < 1.29 is 28.2 Å². The highest BCUT2D eigenvalue weighted by atomic mass is 32.1. The summed E-state index contributed by atoms with van der Waals surface area (Å²) in [6.45, 7) is 2.53. The molecule has 0 spiro atoms. The fraction of sp³-hybridized carbons (Fsp3) is 0.538. The number of nitrogens with zero attached hydrogens (tertiary/aromatic N) is 1. The maximum absolute atomic E-state index is 12.7.